The lowest BCUT2D eigenvalue weighted by Gasteiger charge is -2.39. The predicted octanol–water partition coefficient (Wildman–Crippen LogP) is 13.9. The van der Waals surface area contributed by atoms with Crippen LogP contribution in [0.5, 0.6) is 0 Å². The van der Waals surface area contributed by atoms with E-state index in [4.69, 9.17) is 0 Å². The highest BCUT2D eigenvalue weighted by Crippen LogP contribution is 2.64. The number of benzene rings is 2. The normalized spacial score (nSPS) is 28.4. The Balaban J connectivity index is 1.06. The first-order valence-electron chi connectivity index (χ1n) is 25.6. The Morgan fingerprint density at radius 2 is 0.779 bits per heavy atom. The fourth-order valence-electron chi connectivity index (χ4n) is 15.9. The lowest BCUT2D eigenvalue weighted by molar-refractivity contribution is -0.364. The van der Waals surface area contributed by atoms with Crippen LogP contribution in [0.15, 0.2) is 107 Å². The van der Waals surface area contributed by atoms with Gasteiger partial charge in [0.05, 0.1) is 11.1 Å². The highest BCUT2D eigenvalue weighted by atomic mass is 19.3. The lowest BCUT2D eigenvalue weighted by atomic mass is 9.61. The summed E-state index contributed by atoms with van der Waals surface area (Å²) in [4.78, 5) is 0. The average molecular weight is 911 g/mol. The van der Waals surface area contributed by atoms with Gasteiger partial charge in [-0.3, -0.25) is 0 Å². The van der Waals surface area contributed by atoms with E-state index in [1.807, 2.05) is 27.7 Å². The zero-order valence-corrected chi connectivity index (χ0v) is 41.1. The van der Waals surface area contributed by atoms with Crippen molar-refractivity contribution in [1.29, 1.82) is 0 Å². The Morgan fingerprint density at radius 1 is 0.456 bits per heavy atom. The van der Waals surface area contributed by atoms with Gasteiger partial charge in [-0.2, -0.15) is 0 Å². The molecule has 0 fully saturated rings. The smallest absolute Gasteiger partial charge is 0.393 e. The molecule has 10 heteroatoms. The number of rotatable bonds is 2. The Morgan fingerprint density at radius 3 is 1.09 bits per heavy atom. The molecule has 4 aromatic rings. The first-order valence-corrected chi connectivity index (χ1v) is 25.6. The number of allylic oxidation sites excluding steroid dienone is 8. The van der Waals surface area contributed by atoms with Gasteiger partial charge in [-0.25, -0.2) is 0 Å². The minimum Gasteiger partial charge on any atom is -0.393 e. The third-order valence-electron chi connectivity index (χ3n) is 18.8. The maximum absolute atomic E-state index is 18.5. The molecule has 2 aromatic heterocycles. The second-order valence-electron chi connectivity index (χ2n) is 24.1. The molecule has 4 nitrogen and oxygen atoms in total. The molecular formula is C58H60B2F4N4. The van der Waals surface area contributed by atoms with Gasteiger partial charge < -0.3 is 35.2 Å². The molecule has 0 radical (unpaired) electrons. The van der Waals surface area contributed by atoms with Gasteiger partial charge >= 0.3 is 13.9 Å². The number of halogens is 4. The fourth-order valence-corrected chi connectivity index (χ4v) is 15.9. The largest absolute Gasteiger partial charge is 0.737 e. The molecule has 17 rings (SSSR count). The summed E-state index contributed by atoms with van der Waals surface area (Å²) in [6.45, 7) is 12.2. The highest BCUT2D eigenvalue weighted by molar-refractivity contribution is 6.59. The molecule has 0 N–H and O–H groups in total. The van der Waals surface area contributed by atoms with Crippen LogP contribution in [0.1, 0.15) is 185 Å². The SMILES string of the molecule is CC1=[N+]2C(=C(c3ccc(C(C)(C)C)cc3)c3c4c(c(C)n3[B-]2(F)F)[C@@H]2C=C[C@H]4CC2)C2=C1[C@@H]1CC[C@H]2C2=C1C1=C(c3ccc(C(C)(C)C)cc3)c3c4c(c(C)n3[B-](F)(F)[N+]1=C2C)[C@@H]1C=C[C@H]4CC1. The van der Waals surface area contributed by atoms with E-state index in [1.54, 1.807) is 0 Å². The van der Waals surface area contributed by atoms with E-state index in [0.29, 0.717) is 45.6 Å². The molecule has 0 unspecified atom stereocenters. The zero-order valence-electron chi connectivity index (χ0n) is 41.1. The van der Waals surface area contributed by atoms with Crippen molar-refractivity contribution in [3.05, 3.63) is 174 Å². The van der Waals surface area contributed by atoms with Crippen molar-refractivity contribution in [3.8, 4) is 0 Å². The van der Waals surface area contributed by atoms with Crippen molar-refractivity contribution in [2.45, 2.75) is 142 Å². The number of hydrogen-bond donors (Lipinski definition) is 0. The Bertz CT molecular complexity index is 3140. The van der Waals surface area contributed by atoms with Crippen molar-refractivity contribution in [2.75, 3.05) is 0 Å². The lowest BCUT2D eigenvalue weighted by Crippen LogP contribution is -2.52. The second-order valence-corrected chi connectivity index (χ2v) is 24.1. The highest BCUT2D eigenvalue weighted by Gasteiger charge is 2.67. The summed E-state index contributed by atoms with van der Waals surface area (Å²) in [7, 11) is 0. The monoisotopic (exact) mass is 910 g/mol. The van der Waals surface area contributed by atoms with Crippen LogP contribution in [0.3, 0.4) is 0 Å². The number of hydrogen-bond acceptors (Lipinski definition) is 0. The topological polar surface area (TPSA) is 15.9 Å². The van der Waals surface area contributed by atoms with Crippen molar-refractivity contribution >= 4 is 36.5 Å². The van der Waals surface area contributed by atoms with Crippen LogP contribution in [0.4, 0.5) is 17.3 Å². The zero-order chi connectivity index (χ0) is 47.2. The molecule has 0 spiro atoms. The number of nitrogens with zero attached hydrogens (tertiary/aromatic N) is 4. The van der Waals surface area contributed by atoms with Crippen LogP contribution < -0.4 is 0 Å². The molecule has 13 aliphatic rings. The third-order valence-corrected chi connectivity index (χ3v) is 18.8. The standard InChI is InChI=1S/C58H60B2F4N4/c1-29-43-33-11-15-35(16-12-33)47(43)53-49(37-19-23-39(24-20-37)57(5,6)7)55-51-42-28-27-41(45(51)31(3)67(55)59(61,62)65(29)53)52-46(42)32(4)68-56(52)50(38-21-25-40(26-22-38)58(8,9)10)54-48-36-17-13-34(14-18-36)44(48)30(2)66(54)60(68,63)64/h11,13,15,17,19-26,33-36,41-42H,12,14,16,18,27-28H2,1-10H3/t33-,34-,35+,36+,41+,42+/m1/s1. The van der Waals surface area contributed by atoms with Crippen molar-refractivity contribution in [1.82, 2.24) is 8.96 Å². The van der Waals surface area contributed by atoms with Crippen LogP contribution in [-0.2, 0) is 10.8 Å². The predicted molar refractivity (Wildman–Crippen MR) is 267 cm³/mol. The third kappa shape index (κ3) is 4.81. The first kappa shape index (κ1) is 41.6. The van der Waals surface area contributed by atoms with E-state index in [1.165, 1.54) is 29.1 Å². The van der Waals surface area contributed by atoms with E-state index >= 15 is 17.3 Å². The summed E-state index contributed by atoms with van der Waals surface area (Å²) in [5.74, 6) is -0.286. The van der Waals surface area contributed by atoms with E-state index < -0.39 is 13.9 Å². The molecular weight excluding hydrogens is 850 g/mol. The van der Waals surface area contributed by atoms with E-state index in [0.717, 1.165) is 105 Å². The summed E-state index contributed by atoms with van der Waals surface area (Å²) in [5, 5.41) is 0. The summed E-state index contributed by atoms with van der Waals surface area (Å²) in [5.41, 5.74) is 18.8. The fraction of sp³-hybridized carbons (Fsp3) is 0.414. The molecule has 6 atom stereocenters. The van der Waals surface area contributed by atoms with Crippen molar-refractivity contribution in [3.63, 3.8) is 0 Å². The quantitative estimate of drug-likeness (QED) is 0.108. The van der Waals surface area contributed by atoms with Crippen molar-refractivity contribution in [2.24, 2.45) is 11.8 Å². The number of aromatic nitrogens is 2. The van der Waals surface area contributed by atoms with E-state index in [9.17, 15) is 0 Å². The molecule has 68 heavy (non-hydrogen) atoms. The number of fused-ring (bicyclic) bond motifs is 7. The molecule has 346 valence electrons. The van der Waals surface area contributed by atoms with Gasteiger partial charge in [-0.1, -0.05) is 114 Å². The molecule has 6 heterocycles. The first-order chi connectivity index (χ1) is 32.2. The summed E-state index contributed by atoms with van der Waals surface area (Å²) in [6, 6.07) is 17.3. The molecule has 0 saturated heterocycles. The van der Waals surface area contributed by atoms with Crippen LogP contribution in [0.2, 0.25) is 0 Å². The molecule has 6 bridgehead atoms. The van der Waals surface area contributed by atoms with Crippen LogP contribution in [-0.4, -0.2) is 43.3 Å². The molecule has 0 amide bonds. The van der Waals surface area contributed by atoms with Gasteiger partial charge in [-0.15, -0.1) is 0 Å². The Labute approximate surface area is 398 Å². The second kappa shape index (κ2) is 12.9. The van der Waals surface area contributed by atoms with Gasteiger partial charge in [0.2, 0.25) is 0 Å². The molecule has 0 saturated carbocycles. The maximum atomic E-state index is 18.5. The van der Waals surface area contributed by atoms with Gasteiger partial charge in [0.15, 0.2) is 11.4 Å². The van der Waals surface area contributed by atoms with Crippen LogP contribution in [0.25, 0.3) is 11.1 Å². The van der Waals surface area contributed by atoms with Gasteiger partial charge in [0.1, 0.15) is 11.4 Å². The van der Waals surface area contributed by atoms with Gasteiger partial charge in [-0.05, 0) is 119 Å². The Kier molecular flexibility index (Phi) is 7.88. The average Bonchev–Trinajstić information content (AvgIpc) is 4.04. The van der Waals surface area contributed by atoms with E-state index in [-0.39, 0.29) is 46.3 Å². The molecule has 9 aliphatic carbocycles. The molecule has 2 aromatic carbocycles. The Hall–Kier alpha value is -5.37. The summed E-state index contributed by atoms with van der Waals surface area (Å²) < 4.78 is 79.8. The maximum Gasteiger partial charge on any atom is 0.737 e. The van der Waals surface area contributed by atoms with Gasteiger partial charge in [0.25, 0.3) is 0 Å². The molecule has 4 aliphatic heterocycles. The summed E-state index contributed by atoms with van der Waals surface area (Å²) in [6.07, 6.45) is 14.3. The summed E-state index contributed by atoms with van der Waals surface area (Å²) >= 11 is 0. The van der Waals surface area contributed by atoms with E-state index in [2.05, 4.69) is 114 Å². The minimum atomic E-state index is -4.34. The van der Waals surface area contributed by atoms with Crippen LogP contribution in [0, 0.1) is 25.7 Å². The van der Waals surface area contributed by atoms with Crippen molar-refractivity contribution < 1.29 is 26.2 Å². The van der Waals surface area contributed by atoms with Crippen LogP contribution >= 0.6 is 0 Å². The minimum absolute atomic E-state index is 0.0657. The van der Waals surface area contributed by atoms with Gasteiger partial charge in [0, 0.05) is 83.0 Å².